The van der Waals surface area contributed by atoms with Crippen molar-refractivity contribution in [2.24, 2.45) is 0 Å². The minimum atomic E-state index is -0.194. The Labute approximate surface area is 105 Å². The first kappa shape index (κ1) is 13.7. The average Bonchev–Trinajstić information content (AvgIpc) is 2.68. The number of rotatable bonds is 5. The summed E-state index contributed by atoms with van der Waals surface area (Å²) in [5.41, 5.74) is 1.22. The standard InChI is InChI=1S/C12H18N2O2S/c1-4-5-9-6-10(17-8(9)2)12(16)14-7-11(15)13-3/h6H,4-5,7H2,1-3H3,(H,13,15)(H,14,16). The molecule has 2 amide bonds. The third-order valence-electron chi connectivity index (χ3n) is 2.45. The number of carbonyl (C=O) groups excluding carboxylic acids is 2. The number of carbonyl (C=O) groups is 2. The van der Waals surface area contributed by atoms with E-state index in [0.717, 1.165) is 12.8 Å². The molecule has 0 bridgehead atoms. The normalized spacial score (nSPS) is 10.1. The van der Waals surface area contributed by atoms with E-state index >= 15 is 0 Å². The lowest BCUT2D eigenvalue weighted by molar-refractivity contribution is -0.119. The van der Waals surface area contributed by atoms with E-state index in [9.17, 15) is 9.59 Å². The Morgan fingerprint density at radius 1 is 1.41 bits per heavy atom. The fourth-order valence-corrected chi connectivity index (χ4v) is 2.47. The maximum Gasteiger partial charge on any atom is 0.261 e. The third kappa shape index (κ3) is 3.85. The van der Waals surface area contributed by atoms with Crippen LogP contribution in [-0.4, -0.2) is 25.4 Å². The molecule has 1 rings (SSSR count). The van der Waals surface area contributed by atoms with Gasteiger partial charge in [0.05, 0.1) is 11.4 Å². The minimum absolute atomic E-state index is 0.0232. The van der Waals surface area contributed by atoms with E-state index in [1.165, 1.54) is 21.8 Å². The molecule has 0 saturated carbocycles. The summed E-state index contributed by atoms with van der Waals surface area (Å²) in [5, 5.41) is 5.05. The van der Waals surface area contributed by atoms with Gasteiger partial charge in [-0.2, -0.15) is 0 Å². The van der Waals surface area contributed by atoms with Crippen LogP contribution < -0.4 is 10.6 Å². The summed E-state index contributed by atoms with van der Waals surface area (Å²) in [6.45, 7) is 4.16. The van der Waals surface area contributed by atoms with Crippen LogP contribution >= 0.6 is 11.3 Å². The van der Waals surface area contributed by atoms with E-state index in [-0.39, 0.29) is 18.4 Å². The highest BCUT2D eigenvalue weighted by atomic mass is 32.1. The van der Waals surface area contributed by atoms with Gasteiger partial charge in [0.25, 0.3) is 5.91 Å². The number of nitrogens with one attached hydrogen (secondary N) is 2. The summed E-state index contributed by atoms with van der Waals surface area (Å²) in [6.07, 6.45) is 2.06. The van der Waals surface area contributed by atoms with Gasteiger partial charge in [0, 0.05) is 11.9 Å². The van der Waals surface area contributed by atoms with Crippen LogP contribution in [-0.2, 0) is 11.2 Å². The van der Waals surface area contributed by atoms with E-state index < -0.39 is 0 Å². The first-order valence-corrected chi connectivity index (χ1v) is 6.48. The average molecular weight is 254 g/mol. The zero-order valence-corrected chi connectivity index (χ0v) is 11.2. The first-order chi connectivity index (χ1) is 8.08. The number of hydrogen-bond donors (Lipinski definition) is 2. The van der Waals surface area contributed by atoms with Crippen molar-refractivity contribution in [2.45, 2.75) is 26.7 Å². The van der Waals surface area contributed by atoms with Crippen LogP contribution in [0, 0.1) is 6.92 Å². The monoisotopic (exact) mass is 254 g/mol. The second-order valence-electron chi connectivity index (χ2n) is 3.80. The van der Waals surface area contributed by atoms with E-state index in [1.54, 1.807) is 7.05 Å². The SMILES string of the molecule is CCCc1cc(C(=O)NCC(=O)NC)sc1C. The summed E-state index contributed by atoms with van der Waals surface area (Å²) in [6, 6.07) is 1.92. The van der Waals surface area contributed by atoms with Crippen LogP contribution in [0.3, 0.4) is 0 Å². The Morgan fingerprint density at radius 3 is 2.71 bits per heavy atom. The Balaban J connectivity index is 2.63. The molecule has 5 heteroatoms. The molecule has 1 aromatic rings. The van der Waals surface area contributed by atoms with Crippen molar-refractivity contribution in [1.29, 1.82) is 0 Å². The van der Waals surface area contributed by atoms with Crippen LogP contribution in [0.4, 0.5) is 0 Å². The third-order valence-corrected chi connectivity index (χ3v) is 3.54. The molecule has 0 radical (unpaired) electrons. The van der Waals surface area contributed by atoms with Gasteiger partial charge in [-0.25, -0.2) is 0 Å². The van der Waals surface area contributed by atoms with Gasteiger partial charge >= 0.3 is 0 Å². The molecule has 17 heavy (non-hydrogen) atoms. The molecule has 0 fully saturated rings. The molecule has 0 unspecified atom stereocenters. The predicted molar refractivity (Wildman–Crippen MR) is 69.5 cm³/mol. The molecule has 0 aromatic carbocycles. The van der Waals surface area contributed by atoms with E-state index in [2.05, 4.69) is 17.6 Å². The highest BCUT2D eigenvalue weighted by Crippen LogP contribution is 2.22. The van der Waals surface area contributed by atoms with Crippen LogP contribution in [0.5, 0.6) is 0 Å². The fourth-order valence-electron chi connectivity index (χ4n) is 1.49. The number of thiophene rings is 1. The van der Waals surface area contributed by atoms with Crippen molar-refractivity contribution in [1.82, 2.24) is 10.6 Å². The zero-order valence-electron chi connectivity index (χ0n) is 10.4. The molecule has 0 spiro atoms. The van der Waals surface area contributed by atoms with Gasteiger partial charge in [-0.15, -0.1) is 11.3 Å². The van der Waals surface area contributed by atoms with Crippen molar-refractivity contribution >= 4 is 23.2 Å². The van der Waals surface area contributed by atoms with Crippen molar-refractivity contribution in [3.05, 3.63) is 21.4 Å². The molecular formula is C12H18N2O2S. The maximum absolute atomic E-state index is 11.8. The van der Waals surface area contributed by atoms with E-state index in [1.807, 2.05) is 13.0 Å². The summed E-state index contributed by atoms with van der Waals surface area (Å²) in [4.78, 5) is 24.6. The van der Waals surface area contributed by atoms with Crippen molar-refractivity contribution < 1.29 is 9.59 Å². The first-order valence-electron chi connectivity index (χ1n) is 5.66. The smallest absolute Gasteiger partial charge is 0.261 e. The van der Waals surface area contributed by atoms with Gasteiger partial charge in [0.1, 0.15) is 0 Å². The van der Waals surface area contributed by atoms with Crippen molar-refractivity contribution in [2.75, 3.05) is 13.6 Å². The van der Waals surface area contributed by atoms with Crippen LogP contribution in [0.15, 0.2) is 6.07 Å². The Hall–Kier alpha value is -1.36. The van der Waals surface area contributed by atoms with Gasteiger partial charge < -0.3 is 10.6 Å². The Morgan fingerprint density at radius 2 is 2.12 bits per heavy atom. The highest BCUT2D eigenvalue weighted by molar-refractivity contribution is 7.14. The lowest BCUT2D eigenvalue weighted by Gasteiger charge is -2.01. The number of likely N-dealkylation sites (N-methyl/N-ethyl adjacent to an activating group) is 1. The Kier molecular flexibility index (Phi) is 5.15. The molecule has 1 aromatic heterocycles. The van der Waals surface area contributed by atoms with Gasteiger partial charge in [-0.3, -0.25) is 9.59 Å². The number of aryl methyl sites for hydroxylation is 2. The number of amides is 2. The molecule has 1 heterocycles. The minimum Gasteiger partial charge on any atom is -0.358 e. The maximum atomic E-state index is 11.8. The molecule has 4 nitrogen and oxygen atoms in total. The summed E-state index contributed by atoms with van der Waals surface area (Å²) < 4.78 is 0. The van der Waals surface area contributed by atoms with E-state index in [0.29, 0.717) is 4.88 Å². The van der Waals surface area contributed by atoms with E-state index in [4.69, 9.17) is 0 Å². The van der Waals surface area contributed by atoms with Gasteiger partial charge in [-0.1, -0.05) is 13.3 Å². The number of hydrogen-bond acceptors (Lipinski definition) is 3. The summed E-state index contributed by atoms with van der Waals surface area (Å²) >= 11 is 1.48. The summed E-state index contributed by atoms with van der Waals surface area (Å²) in [7, 11) is 1.54. The highest BCUT2D eigenvalue weighted by Gasteiger charge is 2.12. The lowest BCUT2D eigenvalue weighted by Crippen LogP contribution is -2.34. The Bertz CT molecular complexity index is 413. The van der Waals surface area contributed by atoms with Crippen molar-refractivity contribution in [3.8, 4) is 0 Å². The predicted octanol–water partition coefficient (Wildman–Crippen LogP) is 1.48. The van der Waals surface area contributed by atoms with Crippen LogP contribution in [0.25, 0.3) is 0 Å². The van der Waals surface area contributed by atoms with Gasteiger partial charge in [0.15, 0.2) is 0 Å². The molecule has 2 N–H and O–H groups in total. The quantitative estimate of drug-likeness (QED) is 0.836. The van der Waals surface area contributed by atoms with Crippen LogP contribution in [0.2, 0.25) is 0 Å². The summed E-state index contributed by atoms with van der Waals surface area (Å²) in [5.74, 6) is -0.371. The fraction of sp³-hybridized carbons (Fsp3) is 0.500. The van der Waals surface area contributed by atoms with Gasteiger partial charge in [-0.05, 0) is 25.0 Å². The lowest BCUT2D eigenvalue weighted by atomic mass is 10.1. The molecule has 0 atom stereocenters. The second kappa shape index (κ2) is 6.39. The molecule has 0 aliphatic carbocycles. The molecular weight excluding hydrogens is 236 g/mol. The molecule has 0 aliphatic heterocycles. The largest absolute Gasteiger partial charge is 0.358 e. The van der Waals surface area contributed by atoms with Crippen LogP contribution in [0.1, 0.15) is 33.5 Å². The molecule has 0 saturated heterocycles. The van der Waals surface area contributed by atoms with Crippen molar-refractivity contribution in [3.63, 3.8) is 0 Å². The second-order valence-corrected chi connectivity index (χ2v) is 5.05. The molecule has 0 aliphatic rings. The topological polar surface area (TPSA) is 58.2 Å². The molecule has 94 valence electrons. The van der Waals surface area contributed by atoms with Gasteiger partial charge in [0.2, 0.25) is 5.91 Å². The zero-order chi connectivity index (χ0) is 12.8.